The Kier molecular flexibility index (Phi) is 5.44. The maximum atomic E-state index is 12.7. The van der Waals surface area contributed by atoms with Crippen LogP contribution in [-0.2, 0) is 22.1 Å². The first-order valence-electron chi connectivity index (χ1n) is 9.18. The zero-order valence-corrected chi connectivity index (χ0v) is 16.7. The van der Waals surface area contributed by atoms with Crippen LogP contribution in [0.2, 0.25) is 0 Å². The molecule has 9 heteroatoms. The molecule has 0 aliphatic rings. The van der Waals surface area contributed by atoms with Crippen LogP contribution >= 0.6 is 0 Å². The van der Waals surface area contributed by atoms with Gasteiger partial charge in [-0.1, -0.05) is 18.2 Å². The molecule has 2 heterocycles. The monoisotopic (exact) mass is 421 g/mol. The average molecular weight is 421 g/mol. The number of aromatic amines is 1. The molecule has 0 radical (unpaired) electrons. The van der Waals surface area contributed by atoms with E-state index >= 15 is 0 Å². The Hall–Kier alpha value is -3.72. The Labute approximate surface area is 173 Å². The van der Waals surface area contributed by atoms with Crippen LogP contribution in [0, 0.1) is 0 Å². The smallest absolute Gasteiger partial charge is 0.319 e. The van der Waals surface area contributed by atoms with E-state index in [0.717, 1.165) is 16.5 Å². The maximum Gasteiger partial charge on any atom is 0.319 e. The van der Waals surface area contributed by atoms with Gasteiger partial charge in [-0.2, -0.15) is 5.10 Å². The summed E-state index contributed by atoms with van der Waals surface area (Å²) in [4.78, 5) is 16.2. The molecule has 4 aromatic rings. The number of pyridine rings is 1. The predicted octanol–water partition coefficient (Wildman–Crippen LogP) is 3.25. The summed E-state index contributed by atoms with van der Waals surface area (Å²) in [6.45, 7) is 0.340. The normalized spacial score (nSPS) is 11.3. The number of nitrogens with zero attached hydrogens (tertiary/aromatic N) is 2. The summed E-state index contributed by atoms with van der Waals surface area (Å²) in [5.41, 5.74) is 2.84. The molecule has 0 saturated carbocycles. The number of rotatable bonds is 6. The zero-order chi connectivity index (χ0) is 21.0. The van der Waals surface area contributed by atoms with Crippen molar-refractivity contribution in [1.82, 2.24) is 20.5 Å². The molecule has 0 saturated heterocycles. The molecule has 0 aliphatic heterocycles. The highest BCUT2D eigenvalue weighted by atomic mass is 32.2. The van der Waals surface area contributed by atoms with Gasteiger partial charge in [-0.15, -0.1) is 0 Å². The molecule has 2 amide bonds. The summed E-state index contributed by atoms with van der Waals surface area (Å²) < 4.78 is 25.5. The SMILES string of the molecule is O=C(NCc1cccnc1)Nc1ccc(S(=O)(=O)Cc2ccc3cn[nH]c3c2)cc1. The number of carbonyl (C=O) groups excluding carboxylic acids is 1. The third-order valence-electron chi connectivity index (χ3n) is 4.51. The van der Waals surface area contributed by atoms with Crippen LogP contribution < -0.4 is 10.6 Å². The second-order valence-electron chi connectivity index (χ2n) is 6.74. The van der Waals surface area contributed by atoms with E-state index in [1.807, 2.05) is 12.1 Å². The lowest BCUT2D eigenvalue weighted by atomic mass is 10.2. The topological polar surface area (TPSA) is 117 Å². The molecule has 0 fully saturated rings. The van der Waals surface area contributed by atoms with Crippen molar-refractivity contribution >= 4 is 32.5 Å². The quantitative estimate of drug-likeness (QED) is 0.442. The van der Waals surface area contributed by atoms with Gasteiger partial charge in [-0.05, 0) is 47.5 Å². The van der Waals surface area contributed by atoms with Crippen molar-refractivity contribution < 1.29 is 13.2 Å². The summed E-state index contributed by atoms with van der Waals surface area (Å²) in [5, 5.41) is 13.1. The van der Waals surface area contributed by atoms with Crippen LogP contribution in [0.25, 0.3) is 10.9 Å². The first-order valence-corrected chi connectivity index (χ1v) is 10.8. The molecule has 30 heavy (non-hydrogen) atoms. The van der Waals surface area contributed by atoms with Gasteiger partial charge in [-0.25, -0.2) is 13.2 Å². The third kappa shape index (κ3) is 4.64. The van der Waals surface area contributed by atoms with E-state index in [2.05, 4.69) is 25.8 Å². The van der Waals surface area contributed by atoms with Crippen LogP contribution in [0.4, 0.5) is 10.5 Å². The lowest BCUT2D eigenvalue weighted by molar-refractivity contribution is 0.251. The van der Waals surface area contributed by atoms with Crippen LogP contribution in [0.3, 0.4) is 0 Å². The van der Waals surface area contributed by atoms with Gasteiger partial charge in [0.25, 0.3) is 0 Å². The number of urea groups is 1. The van der Waals surface area contributed by atoms with Crippen molar-refractivity contribution in [1.29, 1.82) is 0 Å². The molecule has 0 aliphatic carbocycles. The summed E-state index contributed by atoms with van der Waals surface area (Å²) in [6, 6.07) is 14.8. The number of amides is 2. The number of nitrogens with one attached hydrogen (secondary N) is 3. The van der Waals surface area contributed by atoms with Crippen molar-refractivity contribution in [2.45, 2.75) is 17.2 Å². The van der Waals surface area contributed by atoms with Gasteiger partial charge in [0, 0.05) is 30.0 Å². The van der Waals surface area contributed by atoms with Crippen LogP contribution in [0.5, 0.6) is 0 Å². The van der Waals surface area contributed by atoms with Gasteiger partial charge in [-0.3, -0.25) is 10.1 Å². The van der Waals surface area contributed by atoms with Gasteiger partial charge in [0.05, 0.1) is 22.4 Å². The number of anilines is 1. The van der Waals surface area contributed by atoms with Crippen LogP contribution in [-0.4, -0.2) is 29.6 Å². The second kappa shape index (κ2) is 8.34. The van der Waals surface area contributed by atoms with Crippen LogP contribution in [0.15, 0.2) is 78.1 Å². The minimum absolute atomic E-state index is 0.125. The highest BCUT2D eigenvalue weighted by Crippen LogP contribution is 2.21. The van der Waals surface area contributed by atoms with E-state index in [4.69, 9.17) is 0 Å². The summed E-state index contributed by atoms with van der Waals surface area (Å²) in [6.07, 6.45) is 5.02. The number of hydrogen-bond donors (Lipinski definition) is 3. The summed E-state index contributed by atoms with van der Waals surface area (Å²) >= 11 is 0. The standard InChI is InChI=1S/C21H19N5O3S/c27-21(23-12-16-2-1-9-22-11-16)25-18-5-7-19(8-6-18)30(28,29)14-15-3-4-17-13-24-26-20(17)10-15/h1-11,13H,12,14H2,(H,24,26)(H2,23,25,27). The fourth-order valence-electron chi connectivity index (χ4n) is 2.98. The number of benzene rings is 2. The molecule has 2 aromatic heterocycles. The fraction of sp³-hybridized carbons (Fsp3) is 0.0952. The predicted molar refractivity (Wildman–Crippen MR) is 114 cm³/mol. The molecule has 152 valence electrons. The van der Waals surface area contributed by atoms with Gasteiger partial charge in [0.15, 0.2) is 9.84 Å². The third-order valence-corrected chi connectivity index (χ3v) is 6.21. The van der Waals surface area contributed by atoms with Crippen molar-refractivity contribution in [2.24, 2.45) is 0 Å². The van der Waals surface area contributed by atoms with E-state index in [-0.39, 0.29) is 16.7 Å². The minimum Gasteiger partial charge on any atom is -0.334 e. The number of sulfone groups is 1. The fourth-order valence-corrected chi connectivity index (χ4v) is 4.32. The Balaban J connectivity index is 1.38. The van der Waals surface area contributed by atoms with E-state index in [9.17, 15) is 13.2 Å². The number of hydrogen-bond acceptors (Lipinski definition) is 5. The molecule has 0 bridgehead atoms. The number of fused-ring (bicyclic) bond motifs is 1. The highest BCUT2D eigenvalue weighted by molar-refractivity contribution is 7.90. The average Bonchev–Trinajstić information content (AvgIpc) is 3.21. The van der Waals surface area contributed by atoms with Crippen molar-refractivity contribution in [3.05, 3.63) is 84.3 Å². The zero-order valence-electron chi connectivity index (χ0n) is 15.9. The number of H-pyrrole nitrogens is 1. The lowest BCUT2D eigenvalue weighted by Gasteiger charge is -2.09. The molecule has 2 aromatic carbocycles. The van der Waals surface area contributed by atoms with Gasteiger partial charge < -0.3 is 10.6 Å². The minimum atomic E-state index is -3.53. The molecule has 0 unspecified atom stereocenters. The van der Waals surface area contributed by atoms with Gasteiger partial charge >= 0.3 is 6.03 Å². The Morgan fingerprint density at radius 1 is 1.00 bits per heavy atom. The summed E-state index contributed by atoms with van der Waals surface area (Å²) in [7, 11) is -3.53. The summed E-state index contributed by atoms with van der Waals surface area (Å²) in [5.74, 6) is -0.125. The Morgan fingerprint density at radius 2 is 1.83 bits per heavy atom. The number of carbonyl (C=O) groups is 1. The largest absolute Gasteiger partial charge is 0.334 e. The van der Waals surface area contributed by atoms with Gasteiger partial charge in [0.2, 0.25) is 0 Å². The molecule has 3 N–H and O–H groups in total. The second-order valence-corrected chi connectivity index (χ2v) is 8.73. The first-order chi connectivity index (χ1) is 14.5. The molecular weight excluding hydrogens is 402 g/mol. The molecular formula is C21H19N5O3S. The number of aromatic nitrogens is 3. The first kappa shape index (κ1) is 19.6. The highest BCUT2D eigenvalue weighted by Gasteiger charge is 2.16. The molecule has 4 rings (SSSR count). The van der Waals surface area contributed by atoms with Gasteiger partial charge in [0.1, 0.15) is 0 Å². The Morgan fingerprint density at radius 3 is 2.60 bits per heavy atom. The van der Waals surface area contributed by atoms with Crippen LogP contribution in [0.1, 0.15) is 11.1 Å². The van der Waals surface area contributed by atoms with Crippen molar-refractivity contribution in [3.63, 3.8) is 0 Å². The molecule has 0 spiro atoms. The lowest BCUT2D eigenvalue weighted by Crippen LogP contribution is -2.28. The van der Waals surface area contributed by atoms with E-state index < -0.39 is 9.84 Å². The Bertz CT molecular complexity index is 1270. The van der Waals surface area contributed by atoms with E-state index in [0.29, 0.717) is 17.8 Å². The van der Waals surface area contributed by atoms with Crippen molar-refractivity contribution in [2.75, 3.05) is 5.32 Å². The molecule has 0 atom stereocenters. The van der Waals surface area contributed by atoms with E-state index in [1.54, 1.807) is 48.9 Å². The van der Waals surface area contributed by atoms with Crippen molar-refractivity contribution in [3.8, 4) is 0 Å². The maximum absolute atomic E-state index is 12.7. The molecule has 8 nitrogen and oxygen atoms in total. The van der Waals surface area contributed by atoms with E-state index in [1.165, 1.54) is 12.1 Å².